The smallest absolute Gasteiger partial charge is 0.274 e. The molecule has 1 aromatic heterocycles. The van der Waals surface area contributed by atoms with E-state index in [1.165, 1.54) is 51.2 Å². The highest BCUT2D eigenvalue weighted by molar-refractivity contribution is 5.97. The molecule has 0 N–H and O–H groups in total. The third-order valence-corrected chi connectivity index (χ3v) is 3.58. The van der Waals surface area contributed by atoms with Crippen LogP contribution in [-0.2, 0) is 16.2 Å². The Morgan fingerprint density at radius 3 is 2.20 bits per heavy atom. The molecule has 0 aliphatic heterocycles. The van der Waals surface area contributed by atoms with Gasteiger partial charge in [-0.05, 0) is 17.7 Å². The fraction of sp³-hybridized carbons (Fsp3) is 0.312. The molecular formula is C16H19FN4O4. The zero-order valence-corrected chi connectivity index (χ0v) is 14.4. The van der Waals surface area contributed by atoms with E-state index in [0.717, 1.165) is 15.7 Å². The van der Waals surface area contributed by atoms with Crippen LogP contribution in [0.3, 0.4) is 0 Å². The van der Waals surface area contributed by atoms with Crippen molar-refractivity contribution in [1.82, 2.24) is 19.9 Å². The average molecular weight is 350 g/mol. The van der Waals surface area contributed by atoms with E-state index in [-0.39, 0.29) is 23.7 Å². The maximum atomic E-state index is 13.1. The minimum Gasteiger partial charge on any atom is -0.274 e. The minimum atomic E-state index is -0.505. The average Bonchev–Trinajstić information content (AvgIpc) is 3.04. The molecule has 0 saturated carbocycles. The quantitative estimate of drug-likeness (QED) is 0.735. The second-order valence-corrected chi connectivity index (χ2v) is 5.17. The first kappa shape index (κ1) is 18.6. The third-order valence-electron chi connectivity index (χ3n) is 3.58. The first-order valence-corrected chi connectivity index (χ1v) is 7.34. The monoisotopic (exact) mass is 350 g/mol. The molecule has 0 atom stereocenters. The van der Waals surface area contributed by atoms with Gasteiger partial charge in [0, 0.05) is 20.2 Å². The number of hydrogen-bond donors (Lipinski definition) is 0. The van der Waals surface area contributed by atoms with E-state index in [1.807, 2.05) is 0 Å². The van der Waals surface area contributed by atoms with E-state index in [4.69, 9.17) is 9.68 Å². The Morgan fingerprint density at radius 2 is 1.64 bits per heavy atom. The molecule has 0 aliphatic carbocycles. The van der Waals surface area contributed by atoms with Gasteiger partial charge in [0.15, 0.2) is 5.69 Å². The fourth-order valence-electron chi connectivity index (χ4n) is 2.07. The molecule has 0 spiro atoms. The number of aromatic nitrogens is 2. The van der Waals surface area contributed by atoms with Crippen LogP contribution >= 0.6 is 0 Å². The van der Waals surface area contributed by atoms with E-state index < -0.39 is 11.8 Å². The van der Waals surface area contributed by atoms with Gasteiger partial charge >= 0.3 is 0 Å². The maximum absolute atomic E-state index is 13.1. The number of carbonyl (C=O) groups is 2. The van der Waals surface area contributed by atoms with Gasteiger partial charge in [0.1, 0.15) is 11.5 Å². The van der Waals surface area contributed by atoms with Crippen LogP contribution in [0.2, 0.25) is 0 Å². The van der Waals surface area contributed by atoms with Gasteiger partial charge in [0.05, 0.1) is 20.8 Å². The summed E-state index contributed by atoms with van der Waals surface area (Å²) in [5, 5.41) is 6.20. The Balaban J connectivity index is 2.40. The van der Waals surface area contributed by atoms with E-state index in [1.54, 1.807) is 12.1 Å². The number of rotatable bonds is 6. The number of hydroxylamine groups is 4. The van der Waals surface area contributed by atoms with Crippen LogP contribution in [0.5, 0.6) is 0 Å². The van der Waals surface area contributed by atoms with Crippen molar-refractivity contribution < 1.29 is 23.7 Å². The summed E-state index contributed by atoms with van der Waals surface area (Å²) in [5.74, 6) is -1.34. The van der Waals surface area contributed by atoms with Crippen LogP contribution in [0, 0.1) is 5.82 Å². The Hall–Kier alpha value is -2.78. The van der Waals surface area contributed by atoms with Crippen LogP contribution in [0.15, 0.2) is 30.3 Å². The molecule has 134 valence electrons. The van der Waals surface area contributed by atoms with Crippen molar-refractivity contribution in [1.29, 1.82) is 0 Å². The lowest BCUT2D eigenvalue weighted by Crippen LogP contribution is -2.28. The fourth-order valence-corrected chi connectivity index (χ4v) is 2.07. The van der Waals surface area contributed by atoms with E-state index >= 15 is 0 Å². The molecule has 0 unspecified atom stereocenters. The van der Waals surface area contributed by atoms with E-state index in [9.17, 15) is 14.0 Å². The molecule has 2 rings (SSSR count). The van der Waals surface area contributed by atoms with Crippen LogP contribution in [0.1, 0.15) is 26.5 Å². The van der Waals surface area contributed by atoms with Gasteiger partial charge in [0.2, 0.25) is 0 Å². The Bertz CT molecular complexity index is 760. The number of benzene rings is 1. The molecule has 1 aromatic carbocycles. The predicted molar refractivity (Wildman–Crippen MR) is 85.9 cm³/mol. The van der Waals surface area contributed by atoms with E-state index in [2.05, 4.69) is 5.10 Å². The zero-order chi connectivity index (χ0) is 18.6. The Kier molecular flexibility index (Phi) is 5.84. The topological polar surface area (TPSA) is 76.9 Å². The number of hydrogen-bond acceptors (Lipinski definition) is 5. The number of carbonyl (C=O) groups excluding carboxylic acids is 2. The summed E-state index contributed by atoms with van der Waals surface area (Å²) in [6, 6.07) is 7.14. The van der Waals surface area contributed by atoms with Gasteiger partial charge in [-0.25, -0.2) is 14.5 Å². The number of halogens is 1. The molecule has 8 nitrogen and oxygen atoms in total. The maximum Gasteiger partial charge on any atom is 0.297 e. The van der Waals surface area contributed by atoms with Crippen molar-refractivity contribution in [3.8, 4) is 0 Å². The predicted octanol–water partition coefficient (Wildman–Crippen LogP) is 1.34. The van der Waals surface area contributed by atoms with Crippen molar-refractivity contribution in [2.24, 2.45) is 0 Å². The molecule has 0 aliphatic rings. The summed E-state index contributed by atoms with van der Waals surface area (Å²) in [6.45, 7) is 0.183. The largest absolute Gasteiger partial charge is 0.297 e. The molecule has 0 bridgehead atoms. The second-order valence-electron chi connectivity index (χ2n) is 5.17. The van der Waals surface area contributed by atoms with Gasteiger partial charge in [-0.15, -0.1) is 0 Å². The lowest BCUT2D eigenvalue weighted by atomic mass is 10.2. The van der Waals surface area contributed by atoms with Crippen molar-refractivity contribution >= 4 is 11.8 Å². The Morgan fingerprint density at radius 1 is 1.08 bits per heavy atom. The van der Waals surface area contributed by atoms with Gasteiger partial charge in [0.25, 0.3) is 11.8 Å². The molecule has 25 heavy (non-hydrogen) atoms. The lowest BCUT2D eigenvalue weighted by Gasteiger charge is -2.14. The second kappa shape index (κ2) is 7.86. The van der Waals surface area contributed by atoms with E-state index in [0.29, 0.717) is 0 Å². The molecule has 0 fully saturated rings. The van der Waals surface area contributed by atoms with Crippen LogP contribution in [0.4, 0.5) is 4.39 Å². The van der Waals surface area contributed by atoms with Crippen molar-refractivity contribution in [3.05, 3.63) is 53.1 Å². The lowest BCUT2D eigenvalue weighted by molar-refractivity contribution is -0.0763. The van der Waals surface area contributed by atoms with Gasteiger partial charge in [-0.1, -0.05) is 12.1 Å². The molecular weight excluding hydrogens is 331 g/mol. The summed E-state index contributed by atoms with van der Waals surface area (Å²) < 4.78 is 14.4. The molecule has 0 saturated heterocycles. The van der Waals surface area contributed by atoms with Crippen molar-refractivity contribution in [2.45, 2.75) is 6.54 Å². The first-order valence-electron chi connectivity index (χ1n) is 7.34. The highest BCUT2D eigenvalue weighted by atomic mass is 19.1. The van der Waals surface area contributed by atoms with Crippen molar-refractivity contribution in [2.75, 3.05) is 28.3 Å². The number of nitrogens with zero attached hydrogens (tertiary/aromatic N) is 4. The highest BCUT2D eigenvalue weighted by Crippen LogP contribution is 2.13. The van der Waals surface area contributed by atoms with Crippen LogP contribution < -0.4 is 0 Å². The summed E-state index contributed by atoms with van der Waals surface area (Å²) >= 11 is 0. The molecule has 1 heterocycles. The van der Waals surface area contributed by atoms with Gasteiger partial charge < -0.3 is 0 Å². The summed E-state index contributed by atoms with van der Waals surface area (Å²) in [4.78, 5) is 34.4. The standard InChI is InChI=1S/C16H19FN4O4/c1-19(24-3)15(22)13-9-14(16(23)20(2)25-4)21(18-13)10-11-5-7-12(17)8-6-11/h5-9H,10H2,1-4H3. The highest BCUT2D eigenvalue weighted by Gasteiger charge is 2.24. The van der Waals surface area contributed by atoms with Gasteiger partial charge in [-0.3, -0.25) is 23.9 Å². The van der Waals surface area contributed by atoms with Crippen LogP contribution in [0.25, 0.3) is 0 Å². The zero-order valence-electron chi connectivity index (χ0n) is 14.4. The Labute approximate surface area is 144 Å². The molecule has 9 heteroatoms. The van der Waals surface area contributed by atoms with Gasteiger partial charge in [-0.2, -0.15) is 5.10 Å². The normalized spacial score (nSPS) is 10.6. The summed E-state index contributed by atoms with van der Waals surface area (Å²) in [5.41, 5.74) is 0.915. The third kappa shape index (κ3) is 4.20. The first-order chi connectivity index (χ1) is 11.9. The van der Waals surface area contributed by atoms with Crippen LogP contribution in [-0.4, -0.2) is 60.0 Å². The summed E-state index contributed by atoms with van der Waals surface area (Å²) in [6.07, 6.45) is 0. The summed E-state index contributed by atoms with van der Waals surface area (Å²) in [7, 11) is 5.58. The molecule has 2 amide bonds. The van der Waals surface area contributed by atoms with Crippen molar-refractivity contribution in [3.63, 3.8) is 0 Å². The molecule has 0 radical (unpaired) electrons. The minimum absolute atomic E-state index is 0.0410. The SMILES string of the molecule is CON(C)C(=O)c1cc(C(=O)N(C)OC)n(Cc2ccc(F)cc2)n1. The number of amides is 2. The molecule has 2 aromatic rings.